The van der Waals surface area contributed by atoms with Gasteiger partial charge in [0.1, 0.15) is 0 Å². The van der Waals surface area contributed by atoms with Gasteiger partial charge in [0.05, 0.1) is 5.56 Å². The number of halogens is 2. The van der Waals surface area contributed by atoms with Crippen LogP contribution in [0.1, 0.15) is 34.6 Å². The highest BCUT2D eigenvalue weighted by Crippen LogP contribution is 2.25. The fourth-order valence-corrected chi connectivity index (χ4v) is 3.97. The maximum atomic E-state index is 13.1. The number of aryl methyl sites for hydroxylation is 1. The van der Waals surface area contributed by atoms with Gasteiger partial charge in [-0.3, -0.25) is 4.79 Å². The molecule has 6 heteroatoms. The van der Waals surface area contributed by atoms with Gasteiger partial charge in [-0.2, -0.15) is 0 Å². The van der Waals surface area contributed by atoms with Crippen molar-refractivity contribution in [2.75, 3.05) is 26.7 Å². The predicted molar refractivity (Wildman–Crippen MR) is 110 cm³/mol. The van der Waals surface area contributed by atoms with E-state index >= 15 is 0 Å². The molecule has 1 aromatic heterocycles. The Labute approximate surface area is 166 Å². The topological polar surface area (TPSA) is 37.3 Å². The summed E-state index contributed by atoms with van der Waals surface area (Å²) in [5.41, 5.74) is 3.88. The van der Waals surface area contributed by atoms with Gasteiger partial charge in [0.15, 0.2) is 0 Å². The molecular weight excluding hydrogens is 369 g/mol. The number of amides is 1. The van der Waals surface area contributed by atoms with Crippen molar-refractivity contribution >= 4 is 29.9 Å². The van der Waals surface area contributed by atoms with Crippen molar-refractivity contribution in [3.8, 4) is 5.69 Å². The average Bonchev–Trinajstić information content (AvgIpc) is 2.90. The van der Waals surface area contributed by atoms with Crippen LogP contribution in [0.15, 0.2) is 30.3 Å². The molecule has 1 amide bonds. The number of rotatable bonds is 4. The maximum absolute atomic E-state index is 13.1. The van der Waals surface area contributed by atoms with Gasteiger partial charge in [0.2, 0.25) is 0 Å². The number of aromatic nitrogens is 1. The summed E-state index contributed by atoms with van der Waals surface area (Å²) in [4.78, 5) is 15.1. The van der Waals surface area contributed by atoms with Crippen molar-refractivity contribution in [3.05, 3.63) is 52.3 Å². The van der Waals surface area contributed by atoms with Crippen LogP contribution in [0.25, 0.3) is 5.69 Å². The van der Waals surface area contributed by atoms with Gasteiger partial charge in [-0.25, -0.2) is 0 Å². The smallest absolute Gasteiger partial charge is 0.255 e. The fourth-order valence-electron chi connectivity index (χ4n) is 3.84. The Balaban J connectivity index is 0.00000243. The van der Waals surface area contributed by atoms with E-state index < -0.39 is 0 Å². The van der Waals surface area contributed by atoms with Crippen LogP contribution in [0.5, 0.6) is 0 Å². The molecule has 2 heterocycles. The maximum Gasteiger partial charge on any atom is 0.255 e. The van der Waals surface area contributed by atoms with E-state index in [1.807, 2.05) is 56.1 Å². The Hall–Kier alpha value is -1.49. The Morgan fingerprint density at radius 3 is 2.62 bits per heavy atom. The van der Waals surface area contributed by atoms with Crippen LogP contribution in [0.4, 0.5) is 0 Å². The highest BCUT2D eigenvalue weighted by molar-refractivity contribution is 6.30. The number of hydrogen-bond acceptors (Lipinski definition) is 2. The molecule has 4 nitrogen and oxygen atoms in total. The lowest BCUT2D eigenvalue weighted by Crippen LogP contribution is -2.42. The molecule has 142 valence electrons. The molecule has 1 unspecified atom stereocenters. The lowest BCUT2D eigenvalue weighted by Gasteiger charge is -2.32. The van der Waals surface area contributed by atoms with Crippen LogP contribution >= 0.6 is 24.0 Å². The van der Waals surface area contributed by atoms with Crippen LogP contribution in [0.2, 0.25) is 5.02 Å². The molecular formula is C20H27Cl2N3O. The quantitative estimate of drug-likeness (QED) is 0.840. The van der Waals surface area contributed by atoms with Gasteiger partial charge in [0, 0.05) is 35.2 Å². The van der Waals surface area contributed by atoms with Crippen molar-refractivity contribution in [1.82, 2.24) is 14.8 Å². The highest BCUT2D eigenvalue weighted by atomic mass is 35.5. The zero-order valence-corrected chi connectivity index (χ0v) is 17.2. The summed E-state index contributed by atoms with van der Waals surface area (Å²) in [6.45, 7) is 6.71. The van der Waals surface area contributed by atoms with Gasteiger partial charge < -0.3 is 14.8 Å². The SMILES string of the molecule is CNCC1CCCN(C(=O)c2cc(C)n(-c3ccc(Cl)cc3)c2C)C1.Cl. The van der Waals surface area contributed by atoms with E-state index in [-0.39, 0.29) is 18.3 Å². The molecule has 1 aromatic carbocycles. The van der Waals surface area contributed by atoms with Crippen LogP contribution in [0, 0.1) is 19.8 Å². The number of likely N-dealkylation sites (tertiary alicyclic amines) is 1. The van der Waals surface area contributed by atoms with Gasteiger partial charge in [-0.05, 0) is 76.5 Å². The lowest BCUT2D eigenvalue weighted by atomic mass is 9.97. The Bertz CT molecular complexity index is 753. The molecule has 26 heavy (non-hydrogen) atoms. The Kier molecular flexibility index (Phi) is 7.16. The van der Waals surface area contributed by atoms with Crippen LogP contribution < -0.4 is 5.32 Å². The van der Waals surface area contributed by atoms with E-state index in [1.165, 1.54) is 6.42 Å². The third-order valence-corrected chi connectivity index (χ3v) is 5.30. The van der Waals surface area contributed by atoms with E-state index in [0.717, 1.165) is 48.7 Å². The van der Waals surface area contributed by atoms with Crippen LogP contribution in [0.3, 0.4) is 0 Å². The van der Waals surface area contributed by atoms with Crippen molar-refractivity contribution < 1.29 is 4.79 Å². The summed E-state index contributed by atoms with van der Waals surface area (Å²) >= 11 is 6.00. The minimum atomic E-state index is 0. The second-order valence-corrected chi connectivity index (χ2v) is 7.35. The van der Waals surface area contributed by atoms with E-state index in [2.05, 4.69) is 9.88 Å². The summed E-state index contributed by atoms with van der Waals surface area (Å²) in [7, 11) is 1.97. The number of carbonyl (C=O) groups is 1. The third-order valence-electron chi connectivity index (χ3n) is 5.05. The zero-order chi connectivity index (χ0) is 18.0. The van der Waals surface area contributed by atoms with Crippen molar-refractivity contribution in [2.45, 2.75) is 26.7 Å². The molecule has 1 saturated heterocycles. The van der Waals surface area contributed by atoms with Crippen molar-refractivity contribution in [2.24, 2.45) is 5.92 Å². The van der Waals surface area contributed by atoms with Gasteiger partial charge >= 0.3 is 0 Å². The molecule has 3 rings (SSSR count). The molecule has 0 aliphatic carbocycles. The standard InChI is InChI=1S/C20H26ClN3O.ClH/c1-14-11-19(15(2)24(14)18-8-6-17(21)7-9-18)20(25)23-10-4-5-16(13-23)12-22-3;/h6-9,11,16,22H,4-5,10,12-13H2,1-3H3;1H. The summed E-state index contributed by atoms with van der Waals surface area (Å²) in [6, 6.07) is 9.74. The molecule has 0 spiro atoms. The molecule has 0 bridgehead atoms. The number of benzene rings is 1. The van der Waals surface area contributed by atoms with E-state index in [1.54, 1.807) is 0 Å². The zero-order valence-electron chi connectivity index (χ0n) is 15.6. The first-order chi connectivity index (χ1) is 12.0. The molecule has 1 aliphatic rings. The minimum Gasteiger partial charge on any atom is -0.338 e. The molecule has 0 saturated carbocycles. The van der Waals surface area contributed by atoms with Crippen LogP contribution in [-0.2, 0) is 0 Å². The molecule has 1 N–H and O–H groups in total. The summed E-state index contributed by atoms with van der Waals surface area (Å²) in [5, 5.41) is 3.95. The number of nitrogens with zero attached hydrogens (tertiary/aromatic N) is 2. The molecule has 1 atom stereocenters. The number of piperidine rings is 1. The minimum absolute atomic E-state index is 0. The van der Waals surface area contributed by atoms with E-state index in [9.17, 15) is 4.79 Å². The van der Waals surface area contributed by atoms with E-state index in [4.69, 9.17) is 11.6 Å². The van der Waals surface area contributed by atoms with Crippen molar-refractivity contribution in [1.29, 1.82) is 0 Å². The largest absolute Gasteiger partial charge is 0.338 e. The summed E-state index contributed by atoms with van der Waals surface area (Å²) in [5.74, 6) is 0.691. The highest BCUT2D eigenvalue weighted by Gasteiger charge is 2.26. The Morgan fingerprint density at radius 2 is 1.96 bits per heavy atom. The fraction of sp³-hybridized carbons (Fsp3) is 0.450. The monoisotopic (exact) mass is 395 g/mol. The first kappa shape index (κ1) is 20.8. The molecule has 1 aliphatic heterocycles. The van der Waals surface area contributed by atoms with Crippen LogP contribution in [-0.4, -0.2) is 42.1 Å². The second kappa shape index (κ2) is 8.94. The van der Waals surface area contributed by atoms with E-state index in [0.29, 0.717) is 10.9 Å². The normalized spacial score (nSPS) is 17.1. The lowest BCUT2D eigenvalue weighted by molar-refractivity contribution is 0.0673. The van der Waals surface area contributed by atoms with Gasteiger partial charge in [0.25, 0.3) is 5.91 Å². The first-order valence-corrected chi connectivity index (χ1v) is 9.27. The third kappa shape index (κ3) is 4.25. The van der Waals surface area contributed by atoms with Crippen molar-refractivity contribution in [3.63, 3.8) is 0 Å². The van der Waals surface area contributed by atoms with Gasteiger partial charge in [-0.1, -0.05) is 11.6 Å². The first-order valence-electron chi connectivity index (χ1n) is 8.90. The molecule has 2 aromatic rings. The summed E-state index contributed by atoms with van der Waals surface area (Å²) in [6.07, 6.45) is 2.27. The number of carbonyl (C=O) groups excluding carboxylic acids is 1. The number of hydrogen-bond donors (Lipinski definition) is 1. The molecule has 0 radical (unpaired) electrons. The average molecular weight is 396 g/mol. The molecule has 1 fully saturated rings. The summed E-state index contributed by atoms with van der Waals surface area (Å²) < 4.78 is 2.12. The van der Waals surface area contributed by atoms with Gasteiger partial charge in [-0.15, -0.1) is 12.4 Å². The Morgan fingerprint density at radius 1 is 1.27 bits per heavy atom. The predicted octanol–water partition coefficient (Wildman–Crippen LogP) is 4.24. The second-order valence-electron chi connectivity index (χ2n) is 6.91. The number of nitrogens with one attached hydrogen (secondary N) is 1.